The molecule has 0 aromatic heterocycles. The van der Waals surface area contributed by atoms with E-state index in [2.05, 4.69) is 29.2 Å². The van der Waals surface area contributed by atoms with E-state index in [0.29, 0.717) is 23.9 Å². The van der Waals surface area contributed by atoms with E-state index in [0.717, 1.165) is 25.4 Å². The molecule has 29 heavy (non-hydrogen) atoms. The summed E-state index contributed by atoms with van der Waals surface area (Å²) in [7, 11) is 3.28. The Morgan fingerprint density at radius 1 is 1.17 bits per heavy atom. The van der Waals surface area contributed by atoms with Crippen LogP contribution in [0.15, 0.2) is 24.3 Å². The first kappa shape index (κ1) is 20.0. The number of nitrogens with two attached hydrogens (primary N) is 1. The number of likely N-dealkylation sites (N-methyl/N-ethyl adjacent to an activating group) is 1. The molecule has 0 radical (unpaired) electrons. The first-order valence-corrected chi connectivity index (χ1v) is 10.6. The fraction of sp³-hybridized carbons (Fsp3) is 0.636. The molecule has 0 saturated carbocycles. The van der Waals surface area contributed by atoms with Gasteiger partial charge in [-0.05, 0) is 55.2 Å². The number of ether oxygens (including phenoxy) is 1. The summed E-state index contributed by atoms with van der Waals surface area (Å²) in [4.78, 5) is 29.9. The average molecular weight is 401 g/mol. The molecule has 3 fully saturated rings. The molecule has 1 aromatic rings. The molecule has 3 amide bonds. The predicted molar refractivity (Wildman–Crippen MR) is 110 cm³/mol. The van der Waals surface area contributed by atoms with Crippen LogP contribution in [-0.4, -0.2) is 73.0 Å². The third-order valence-corrected chi connectivity index (χ3v) is 6.99. The Labute approximate surface area is 172 Å². The van der Waals surface area contributed by atoms with Gasteiger partial charge >= 0.3 is 6.03 Å². The number of piperidine rings is 3. The highest BCUT2D eigenvalue weighted by molar-refractivity contribution is 5.83. The molecule has 7 heteroatoms. The molecule has 2 bridgehead atoms. The highest BCUT2D eigenvalue weighted by atomic mass is 16.5. The Kier molecular flexibility index (Phi) is 5.67. The van der Waals surface area contributed by atoms with E-state index in [1.165, 1.54) is 36.1 Å². The van der Waals surface area contributed by atoms with Gasteiger partial charge in [-0.3, -0.25) is 9.69 Å². The Morgan fingerprint density at radius 2 is 1.93 bits per heavy atom. The van der Waals surface area contributed by atoms with Crippen molar-refractivity contribution in [3.63, 3.8) is 0 Å². The van der Waals surface area contributed by atoms with Crippen LogP contribution in [-0.2, 0) is 4.79 Å². The molecule has 2 N–H and O–H groups in total. The average Bonchev–Trinajstić information content (AvgIpc) is 2.73. The van der Waals surface area contributed by atoms with Gasteiger partial charge in [-0.2, -0.15) is 0 Å². The number of benzene rings is 1. The van der Waals surface area contributed by atoms with E-state index in [1.54, 1.807) is 14.2 Å². The second-order valence-corrected chi connectivity index (χ2v) is 8.84. The van der Waals surface area contributed by atoms with E-state index in [1.807, 2.05) is 4.90 Å². The molecule has 3 saturated heterocycles. The fourth-order valence-corrected chi connectivity index (χ4v) is 5.58. The first-order chi connectivity index (χ1) is 14.0. The summed E-state index contributed by atoms with van der Waals surface area (Å²) < 4.78 is 5.32. The van der Waals surface area contributed by atoms with Crippen LogP contribution in [0.4, 0.5) is 4.79 Å². The van der Waals surface area contributed by atoms with E-state index in [-0.39, 0.29) is 12.5 Å². The third-order valence-electron chi connectivity index (χ3n) is 6.99. The molecule has 3 aliphatic heterocycles. The fourth-order valence-electron chi connectivity index (χ4n) is 5.58. The van der Waals surface area contributed by atoms with E-state index >= 15 is 0 Å². The molecule has 3 aliphatic rings. The second-order valence-electron chi connectivity index (χ2n) is 8.84. The zero-order valence-corrected chi connectivity index (χ0v) is 17.4. The van der Waals surface area contributed by atoms with Crippen LogP contribution >= 0.6 is 0 Å². The second kappa shape index (κ2) is 8.22. The van der Waals surface area contributed by atoms with Gasteiger partial charge in [0.1, 0.15) is 12.3 Å². The molecule has 3 heterocycles. The molecular weight excluding hydrogens is 368 g/mol. The molecule has 0 spiro atoms. The maximum absolute atomic E-state index is 12.7. The van der Waals surface area contributed by atoms with Crippen LogP contribution in [0.1, 0.15) is 37.3 Å². The Hall–Kier alpha value is -2.28. The number of primary amides is 1. The zero-order chi connectivity index (χ0) is 20.5. The number of likely N-dealkylation sites (tertiary alicyclic amines) is 1. The maximum Gasteiger partial charge on any atom is 0.314 e. The van der Waals surface area contributed by atoms with Crippen molar-refractivity contribution in [2.24, 2.45) is 17.6 Å². The van der Waals surface area contributed by atoms with E-state index in [9.17, 15) is 9.59 Å². The lowest BCUT2D eigenvalue weighted by atomic mass is 9.74. The van der Waals surface area contributed by atoms with E-state index in [4.69, 9.17) is 10.5 Å². The molecule has 0 unspecified atom stereocenters. The lowest BCUT2D eigenvalue weighted by Crippen LogP contribution is -2.61. The Morgan fingerprint density at radius 3 is 2.62 bits per heavy atom. The summed E-state index contributed by atoms with van der Waals surface area (Å²) in [6.45, 7) is 2.67. The van der Waals surface area contributed by atoms with Crippen molar-refractivity contribution in [2.75, 3.05) is 40.3 Å². The number of carbonyl (C=O) groups excluding carboxylic acids is 2. The minimum atomic E-state index is -0.559. The maximum atomic E-state index is 12.7. The Balaban J connectivity index is 1.46. The highest BCUT2D eigenvalue weighted by Crippen LogP contribution is 2.44. The summed E-state index contributed by atoms with van der Waals surface area (Å²) in [6, 6.07) is 8.93. The van der Waals surface area contributed by atoms with Gasteiger partial charge in [-0.1, -0.05) is 12.1 Å². The van der Waals surface area contributed by atoms with Crippen molar-refractivity contribution >= 4 is 11.9 Å². The number of hydrogen-bond donors (Lipinski definition) is 1. The van der Waals surface area contributed by atoms with Crippen molar-refractivity contribution in [3.05, 3.63) is 29.8 Å². The van der Waals surface area contributed by atoms with Gasteiger partial charge in [0.25, 0.3) is 0 Å². The molecular formula is C22H32N4O3. The van der Waals surface area contributed by atoms with Crippen molar-refractivity contribution in [2.45, 2.75) is 37.8 Å². The normalized spacial score (nSPS) is 29.1. The Bertz CT molecular complexity index is 753. The zero-order valence-electron chi connectivity index (χ0n) is 17.4. The van der Waals surface area contributed by atoms with Crippen LogP contribution in [0.5, 0.6) is 5.75 Å². The lowest BCUT2D eigenvalue weighted by Gasteiger charge is -2.55. The largest absolute Gasteiger partial charge is 0.497 e. The smallest absolute Gasteiger partial charge is 0.314 e. The number of methoxy groups -OCH3 is 1. The van der Waals surface area contributed by atoms with Crippen LogP contribution < -0.4 is 10.5 Å². The van der Waals surface area contributed by atoms with E-state index < -0.39 is 6.03 Å². The minimum absolute atomic E-state index is 0.0111. The summed E-state index contributed by atoms with van der Waals surface area (Å²) in [5.74, 6) is 1.90. The number of carbonyl (C=O) groups is 2. The van der Waals surface area contributed by atoms with Crippen molar-refractivity contribution in [1.29, 1.82) is 0 Å². The number of hydrogen-bond acceptors (Lipinski definition) is 4. The monoisotopic (exact) mass is 400 g/mol. The lowest BCUT2D eigenvalue weighted by molar-refractivity contribution is -0.139. The van der Waals surface area contributed by atoms with Crippen LogP contribution in [0.2, 0.25) is 0 Å². The topological polar surface area (TPSA) is 79.1 Å². The molecule has 1 aromatic carbocycles. The SMILES string of the molecule is COc1ccc([C@H]2CCC[C@H]3[C@@H]4C[C@@H](CN(C(=O)CN(C)C(N)=O)C4)CN23)cc1. The molecule has 158 valence electrons. The number of urea groups is 1. The van der Waals surface area contributed by atoms with Gasteiger partial charge in [0.05, 0.1) is 7.11 Å². The van der Waals surface area contributed by atoms with Gasteiger partial charge in [0.15, 0.2) is 0 Å². The van der Waals surface area contributed by atoms with Crippen molar-refractivity contribution < 1.29 is 14.3 Å². The molecule has 7 nitrogen and oxygen atoms in total. The summed E-state index contributed by atoms with van der Waals surface area (Å²) in [6.07, 6.45) is 4.81. The number of fused-ring (bicyclic) bond motifs is 4. The third kappa shape index (κ3) is 4.06. The van der Waals surface area contributed by atoms with Crippen LogP contribution in [0.25, 0.3) is 0 Å². The minimum Gasteiger partial charge on any atom is -0.497 e. The van der Waals surface area contributed by atoms with Crippen molar-refractivity contribution in [3.8, 4) is 5.75 Å². The van der Waals surface area contributed by atoms with Gasteiger partial charge < -0.3 is 20.3 Å². The van der Waals surface area contributed by atoms with Gasteiger partial charge in [-0.15, -0.1) is 0 Å². The van der Waals surface area contributed by atoms with Gasteiger partial charge in [0, 0.05) is 38.8 Å². The number of rotatable bonds is 4. The van der Waals surface area contributed by atoms with Crippen LogP contribution in [0, 0.1) is 11.8 Å². The standard InChI is InChI=1S/C22H32N4O3/c1-24(22(23)28)14-21(27)25-11-15-10-17(13-25)20-5-3-4-19(26(20)12-15)16-6-8-18(29-2)9-7-16/h6-9,15,17,19-20H,3-5,10-14H2,1-2H3,(H2,23,28)/t15-,17+,19+,20-/m0/s1. The molecule has 0 aliphatic carbocycles. The highest BCUT2D eigenvalue weighted by Gasteiger charge is 2.45. The molecule has 4 atom stereocenters. The predicted octanol–water partition coefficient (Wildman–Crippen LogP) is 2.08. The summed E-state index contributed by atoms with van der Waals surface area (Å²) in [5.41, 5.74) is 6.65. The number of amides is 3. The van der Waals surface area contributed by atoms with Crippen molar-refractivity contribution in [1.82, 2.24) is 14.7 Å². The number of nitrogens with zero attached hydrogens (tertiary/aromatic N) is 3. The van der Waals surface area contributed by atoms with Gasteiger partial charge in [0.2, 0.25) is 5.91 Å². The first-order valence-electron chi connectivity index (χ1n) is 10.6. The van der Waals surface area contributed by atoms with Gasteiger partial charge in [-0.25, -0.2) is 4.79 Å². The van der Waals surface area contributed by atoms with Crippen LogP contribution in [0.3, 0.4) is 0 Å². The summed E-state index contributed by atoms with van der Waals surface area (Å²) in [5, 5.41) is 0. The molecule has 4 rings (SSSR count). The quantitative estimate of drug-likeness (QED) is 0.839. The summed E-state index contributed by atoms with van der Waals surface area (Å²) >= 11 is 0.